The Hall–Kier alpha value is -0.313. The second kappa shape index (κ2) is 5.71. The van der Waals surface area contributed by atoms with E-state index in [1.807, 2.05) is 20.8 Å². The van der Waals surface area contributed by atoms with Gasteiger partial charge in [-0.2, -0.15) is 0 Å². The number of carbonyl (C=O) groups is 1. The fraction of sp³-hybridized carbons (Fsp3) is 0.944. The van der Waals surface area contributed by atoms with Crippen LogP contribution in [0.5, 0.6) is 0 Å². The van der Waals surface area contributed by atoms with E-state index in [0.29, 0.717) is 5.41 Å². The van der Waals surface area contributed by atoms with Gasteiger partial charge in [0.05, 0.1) is 13.1 Å². The average molecular weight is 313 g/mol. The van der Waals surface area contributed by atoms with E-state index in [2.05, 4.69) is 40.4 Å². The molecule has 21 heavy (non-hydrogen) atoms. The first-order valence-electron chi connectivity index (χ1n) is 8.42. The van der Waals surface area contributed by atoms with Crippen LogP contribution in [0.3, 0.4) is 0 Å². The van der Waals surface area contributed by atoms with Crippen LogP contribution in [0, 0.1) is 11.3 Å². The van der Waals surface area contributed by atoms with Crippen molar-refractivity contribution in [2.45, 2.75) is 97.5 Å². The van der Waals surface area contributed by atoms with E-state index in [1.165, 1.54) is 0 Å². The minimum atomic E-state index is -1.63. The number of esters is 1. The summed E-state index contributed by atoms with van der Waals surface area (Å²) in [6.07, 6.45) is 4.35. The molecule has 1 aliphatic rings. The number of hydrogen-bond acceptors (Lipinski definition) is 2. The molecule has 124 valence electrons. The summed E-state index contributed by atoms with van der Waals surface area (Å²) in [7, 11) is -1.63. The van der Waals surface area contributed by atoms with Gasteiger partial charge in [-0.1, -0.05) is 40.4 Å². The lowest BCUT2D eigenvalue weighted by Crippen LogP contribution is -2.50. The van der Waals surface area contributed by atoms with E-state index in [0.717, 1.165) is 31.6 Å². The van der Waals surface area contributed by atoms with Crippen molar-refractivity contribution in [3.63, 3.8) is 0 Å². The molecule has 1 fully saturated rings. The van der Waals surface area contributed by atoms with Gasteiger partial charge in [0, 0.05) is 0 Å². The van der Waals surface area contributed by atoms with Crippen LogP contribution in [-0.2, 0) is 9.53 Å². The molecule has 1 saturated carbocycles. The second-order valence-electron chi connectivity index (χ2n) is 9.97. The fourth-order valence-corrected chi connectivity index (χ4v) is 6.06. The number of carbonyl (C=O) groups excluding carboxylic acids is 1. The molecule has 2 nitrogen and oxygen atoms in total. The standard InChI is InChI=1S/C18H36O2Si/c1-16(2,3)14-10-12-18(13-11-14,21(7,8)9)15(19)20-17(4,5)6/h14H,10-13H2,1-9H3. The number of rotatable bonds is 2. The molecular weight excluding hydrogens is 276 g/mol. The van der Waals surface area contributed by atoms with Crippen molar-refractivity contribution in [1.82, 2.24) is 0 Å². The molecule has 0 radical (unpaired) electrons. The Bertz CT molecular complexity index is 371. The summed E-state index contributed by atoms with van der Waals surface area (Å²) in [5.41, 5.74) is -0.0376. The molecule has 0 amide bonds. The highest BCUT2D eigenvalue weighted by Gasteiger charge is 2.53. The van der Waals surface area contributed by atoms with Crippen LogP contribution in [-0.4, -0.2) is 19.6 Å². The summed E-state index contributed by atoms with van der Waals surface area (Å²) in [5, 5.41) is -0.192. The van der Waals surface area contributed by atoms with E-state index < -0.39 is 8.07 Å². The molecule has 0 N–H and O–H groups in total. The summed E-state index contributed by atoms with van der Waals surface area (Å²) >= 11 is 0. The van der Waals surface area contributed by atoms with E-state index in [4.69, 9.17) is 4.74 Å². The van der Waals surface area contributed by atoms with Crippen LogP contribution in [0.1, 0.15) is 67.2 Å². The summed E-state index contributed by atoms with van der Waals surface area (Å²) in [6.45, 7) is 19.9. The van der Waals surface area contributed by atoms with Gasteiger partial charge in [-0.15, -0.1) is 0 Å². The Morgan fingerprint density at radius 3 is 1.71 bits per heavy atom. The summed E-state index contributed by atoms with van der Waals surface area (Å²) in [4.78, 5) is 13.0. The molecule has 0 aromatic heterocycles. The maximum absolute atomic E-state index is 13.0. The van der Waals surface area contributed by atoms with Gasteiger partial charge in [0.1, 0.15) is 5.60 Å². The van der Waals surface area contributed by atoms with Crippen LogP contribution in [0.4, 0.5) is 0 Å². The van der Waals surface area contributed by atoms with Gasteiger partial charge in [0.25, 0.3) is 0 Å². The average Bonchev–Trinajstić information content (AvgIpc) is 2.23. The Balaban J connectivity index is 2.98. The lowest BCUT2D eigenvalue weighted by Gasteiger charge is -2.49. The molecule has 0 saturated heterocycles. The molecule has 0 bridgehead atoms. The van der Waals surface area contributed by atoms with Gasteiger partial charge in [-0.3, -0.25) is 4.79 Å². The lowest BCUT2D eigenvalue weighted by atomic mass is 9.69. The minimum absolute atomic E-state index is 0.0709. The van der Waals surface area contributed by atoms with Crippen molar-refractivity contribution in [1.29, 1.82) is 0 Å². The maximum Gasteiger partial charge on any atom is 0.309 e. The molecule has 0 heterocycles. The van der Waals surface area contributed by atoms with Crippen molar-refractivity contribution in [2.24, 2.45) is 11.3 Å². The molecule has 1 rings (SSSR count). The van der Waals surface area contributed by atoms with E-state index in [1.54, 1.807) is 0 Å². The van der Waals surface area contributed by atoms with Crippen molar-refractivity contribution in [3.05, 3.63) is 0 Å². The van der Waals surface area contributed by atoms with Gasteiger partial charge >= 0.3 is 5.97 Å². The molecule has 0 atom stereocenters. The highest BCUT2D eigenvalue weighted by Crippen LogP contribution is 2.55. The molecule has 0 aliphatic heterocycles. The highest BCUT2D eigenvalue weighted by molar-refractivity contribution is 6.82. The second-order valence-corrected chi connectivity index (χ2v) is 15.4. The van der Waals surface area contributed by atoms with Crippen LogP contribution in [0.2, 0.25) is 24.7 Å². The predicted octanol–water partition coefficient (Wildman–Crippen LogP) is 5.64. The summed E-state index contributed by atoms with van der Waals surface area (Å²) < 4.78 is 5.82. The highest BCUT2D eigenvalue weighted by atomic mass is 28.3. The third-order valence-electron chi connectivity index (χ3n) is 5.29. The van der Waals surface area contributed by atoms with E-state index in [9.17, 15) is 4.79 Å². The van der Waals surface area contributed by atoms with Crippen molar-refractivity contribution in [3.8, 4) is 0 Å². The van der Waals surface area contributed by atoms with Gasteiger partial charge in [-0.05, 0) is 57.8 Å². The van der Waals surface area contributed by atoms with Gasteiger partial charge in [0.15, 0.2) is 0 Å². The molecular formula is C18H36O2Si. The number of hydrogen-bond donors (Lipinski definition) is 0. The van der Waals surface area contributed by atoms with Crippen LogP contribution in [0.25, 0.3) is 0 Å². The Labute approximate surface area is 133 Å². The quantitative estimate of drug-likeness (QED) is 0.487. The monoisotopic (exact) mass is 312 g/mol. The van der Waals surface area contributed by atoms with Crippen molar-refractivity contribution in [2.75, 3.05) is 0 Å². The first-order chi connectivity index (χ1) is 9.19. The third-order valence-corrected chi connectivity index (χ3v) is 8.86. The van der Waals surface area contributed by atoms with Gasteiger partial charge < -0.3 is 4.74 Å². The Kier molecular flexibility index (Phi) is 5.10. The number of ether oxygens (including phenoxy) is 1. The normalized spacial score (nSPS) is 28.3. The molecule has 0 aromatic carbocycles. The first kappa shape index (κ1) is 18.7. The van der Waals surface area contributed by atoms with Crippen LogP contribution in [0.15, 0.2) is 0 Å². The smallest absolute Gasteiger partial charge is 0.309 e. The molecule has 0 aromatic rings. The zero-order valence-electron chi connectivity index (χ0n) is 15.7. The Morgan fingerprint density at radius 1 is 1.00 bits per heavy atom. The van der Waals surface area contributed by atoms with Crippen LogP contribution < -0.4 is 0 Å². The topological polar surface area (TPSA) is 26.3 Å². The minimum Gasteiger partial charge on any atom is -0.460 e. The van der Waals surface area contributed by atoms with Gasteiger partial charge in [0.2, 0.25) is 0 Å². The molecule has 1 aliphatic carbocycles. The largest absolute Gasteiger partial charge is 0.460 e. The predicted molar refractivity (Wildman–Crippen MR) is 93.3 cm³/mol. The zero-order valence-corrected chi connectivity index (χ0v) is 16.7. The summed E-state index contributed by atoms with van der Waals surface area (Å²) in [6, 6.07) is 0. The van der Waals surface area contributed by atoms with Crippen molar-refractivity contribution >= 4 is 14.0 Å². The van der Waals surface area contributed by atoms with E-state index in [-0.39, 0.29) is 16.6 Å². The van der Waals surface area contributed by atoms with Gasteiger partial charge in [-0.25, -0.2) is 0 Å². The first-order valence-corrected chi connectivity index (χ1v) is 11.9. The molecule has 0 unspecified atom stereocenters. The maximum atomic E-state index is 13.0. The van der Waals surface area contributed by atoms with Crippen LogP contribution >= 0.6 is 0 Å². The SMILES string of the molecule is CC(C)(C)OC(=O)C1([Si](C)(C)C)CCC(C(C)(C)C)CC1. The summed E-state index contributed by atoms with van der Waals surface area (Å²) in [5.74, 6) is 0.797. The lowest BCUT2D eigenvalue weighted by molar-refractivity contribution is -0.160. The Morgan fingerprint density at radius 2 is 1.43 bits per heavy atom. The molecule has 3 heteroatoms. The zero-order chi connectivity index (χ0) is 16.7. The molecule has 0 spiro atoms. The third kappa shape index (κ3) is 4.34. The fourth-order valence-electron chi connectivity index (χ4n) is 3.61. The van der Waals surface area contributed by atoms with E-state index >= 15 is 0 Å². The van der Waals surface area contributed by atoms with Crippen molar-refractivity contribution < 1.29 is 9.53 Å².